The molecule has 20 heavy (non-hydrogen) atoms. The number of nitro benzene ring substituents is 1. The van der Waals surface area contributed by atoms with Crippen molar-refractivity contribution in [1.82, 2.24) is 14.5 Å². The van der Waals surface area contributed by atoms with Gasteiger partial charge in [0.05, 0.1) is 4.92 Å². The molecule has 102 valence electrons. The van der Waals surface area contributed by atoms with Crippen LogP contribution in [0.1, 0.15) is 11.3 Å². The van der Waals surface area contributed by atoms with Crippen LogP contribution in [0.3, 0.4) is 0 Å². The van der Waals surface area contributed by atoms with Crippen molar-refractivity contribution in [2.75, 3.05) is 6.54 Å². The molecule has 7 nitrogen and oxygen atoms in total. The fraction of sp³-hybridized carbons (Fsp3) is 0.231. The maximum absolute atomic E-state index is 12.2. The van der Waals surface area contributed by atoms with Crippen LogP contribution in [0, 0.1) is 10.1 Å². The van der Waals surface area contributed by atoms with Crippen LogP contribution >= 0.6 is 0 Å². The Morgan fingerprint density at radius 2 is 2.05 bits per heavy atom. The maximum Gasteiger partial charge on any atom is 0.329 e. The standard InChI is InChI=1S/C13H12N4O3/c18-13-15(6-5-12-7-14-9-16(12)13)8-10-1-3-11(4-2-10)17(19)20/h1-4,7,9H,5-6,8H2. The molecule has 0 N–H and O–H groups in total. The van der Waals surface area contributed by atoms with Gasteiger partial charge < -0.3 is 4.90 Å². The molecule has 1 amide bonds. The molecule has 1 aromatic carbocycles. The number of nitrogens with zero attached hydrogens (tertiary/aromatic N) is 4. The van der Waals surface area contributed by atoms with E-state index in [-0.39, 0.29) is 11.7 Å². The van der Waals surface area contributed by atoms with E-state index in [1.165, 1.54) is 23.0 Å². The summed E-state index contributed by atoms with van der Waals surface area (Å²) >= 11 is 0. The van der Waals surface area contributed by atoms with Gasteiger partial charge in [0.1, 0.15) is 6.33 Å². The molecule has 1 aliphatic heterocycles. The van der Waals surface area contributed by atoms with E-state index in [4.69, 9.17) is 0 Å². The predicted molar refractivity (Wildman–Crippen MR) is 70.2 cm³/mol. The highest BCUT2D eigenvalue weighted by Gasteiger charge is 2.23. The van der Waals surface area contributed by atoms with Crippen molar-refractivity contribution in [3.63, 3.8) is 0 Å². The van der Waals surface area contributed by atoms with Gasteiger partial charge in [-0.05, 0) is 5.56 Å². The lowest BCUT2D eigenvalue weighted by Crippen LogP contribution is -2.40. The number of aromatic nitrogens is 2. The molecule has 1 aromatic heterocycles. The fourth-order valence-electron chi connectivity index (χ4n) is 2.27. The smallest absolute Gasteiger partial charge is 0.319 e. The lowest BCUT2D eigenvalue weighted by atomic mass is 10.1. The van der Waals surface area contributed by atoms with Crippen molar-refractivity contribution in [3.8, 4) is 0 Å². The molecular weight excluding hydrogens is 260 g/mol. The summed E-state index contributed by atoms with van der Waals surface area (Å²) < 4.78 is 1.54. The zero-order chi connectivity index (χ0) is 14.1. The summed E-state index contributed by atoms with van der Waals surface area (Å²) in [6.45, 7) is 1.07. The third kappa shape index (κ3) is 2.13. The van der Waals surface area contributed by atoms with Gasteiger partial charge in [0.25, 0.3) is 5.69 Å². The number of fused-ring (bicyclic) bond motifs is 1. The van der Waals surface area contributed by atoms with Gasteiger partial charge in [-0.2, -0.15) is 0 Å². The van der Waals surface area contributed by atoms with Crippen LogP contribution in [0.5, 0.6) is 0 Å². The van der Waals surface area contributed by atoms with E-state index in [0.29, 0.717) is 13.1 Å². The van der Waals surface area contributed by atoms with E-state index in [9.17, 15) is 14.9 Å². The Morgan fingerprint density at radius 1 is 1.30 bits per heavy atom. The van der Waals surface area contributed by atoms with Crippen LogP contribution in [0.15, 0.2) is 36.8 Å². The van der Waals surface area contributed by atoms with E-state index in [1.807, 2.05) is 0 Å². The summed E-state index contributed by atoms with van der Waals surface area (Å²) in [4.78, 5) is 28.0. The number of hydrogen-bond acceptors (Lipinski definition) is 4. The van der Waals surface area contributed by atoms with Gasteiger partial charge in [-0.3, -0.25) is 14.7 Å². The minimum atomic E-state index is -0.437. The van der Waals surface area contributed by atoms with E-state index < -0.39 is 4.92 Å². The maximum atomic E-state index is 12.2. The molecule has 0 unspecified atom stereocenters. The number of amides is 1. The van der Waals surface area contributed by atoms with Crippen LogP contribution in [0.4, 0.5) is 10.5 Å². The van der Waals surface area contributed by atoms with Gasteiger partial charge in [0, 0.05) is 43.5 Å². The van der Waals surface area contributed by atoms with E-state index in [0.717, 1.165) is 17.7 Å². The van der Waals surface area contributed by atoms with Gasteiger partial charge in [0.2, 0.25) is 0 Å². The quantitative estimate of drug-likeness (QED) is 0.630. The van der Waals surface area contributed by atoms with Crippen molar-refractivity contribution in [2.24, 2.45) is 0 Å². The third-order valence-corrected chi connectivity index (χ3v) is 3.35. The summed E-state index contributed by atoms with van der Waals surface area (Å²) in [5.74, 6) is 0. The molecule has 0 bridgehead atoms. The normalized spacial score (nSPS) is 14.2. The van der Waals surface area contributed by atoms with Crippen LogP contribution in [-0.4, -0.2) is 32.0 Å². The Kier molecular flexibility index (Phi) is 2.94. The second-order valence-electron chi connectivity index (χ2n) is 4.63. The molecule has 2 aromatic rings. The minimum Gasteiger partial charge on any atom is -0.319 e. The summed E-state index contributed by atoms with van der Waals surface area (Å²) in [5, 5.41) is 10.6. The molecule has 0 saturated heterocycles. The van der Waals surface area contributed by atoms with Gasteiger partial charge in [-0.1, -0.05) is 12.1 Å². The highest BCUT2D eigenvalue weighted by Crippen LogP contribution is 2.17. The lowest BCUT2D eigenvalue weighted by Gasteiger charge is -2.27. The Hall–Kier alpha value is -2.70. The summed E-state index contributed by atoms with van der Waals surface area (Å²) in [6.07, 6.45) is 3.97. The van der Waals surface area contributed by atoms with Crippen molar-refractivity contribution in [1.29, 1.82) is 0 Å². The summed E-state index contributed by atoms with van der Waals surface area (Å²) in [6, 6.07) is 6.14. The molecule has 3 rings (SSSR count). The number of hydrogen-bond donors (Lipinski definition) is 0. The summed E-state index contributed by atoms with van der Waals surface area (Å²) in [5.41, 5.74) is 1.83. The Balaban J connectivity index is 1.76. The molecule has 0 atom stereocenters. The second kappa shape index (κ2) is 4.76. The van der Waals surface area contributed by atoms with Crippen LogP contribution in [-0.2, 0) is 13.0 Å². The number of imidazole rings is 1. The van der Waals surface area contributed by atoms with E-state index in [2.05, 4.69) is 4.98 Å². The first kappa shape index (κ1) is 12.3. The molecule has 0 fully saturated rings. The van der Waals surface area contributed by atoms with Crippen molar-refractivity contribution in [2.45, 2.75) is 13.0 Å². The van der Waals surface area contributed by atoms with Gasteiger partial charge in [0.15, 0.2) is 0 Å². The molecule has 2 heterocycles. The fourth-order valence-corrected chi connectivity index (χ4v) is 2.27. The molecule has 0 spiro atoms. The average Bonchev–Trinajstić information content (AvgIpc) is 2.92. The van der Waals surface area contributed by atoms with E-state index >= 15 is 0 Å². The largest absolute Gasteiger partial charge is 0.329 e. The molecule has 0 aliphatic carbocycles. The number of carbonyl (C=O) groups excluding carboxylic acids is 1. The van der Waals surface area contributed by atoms with Gasteiger partial charge in [-0.15, -0.1) is 0 Å². The number of non-ortho nitro benzene ring substituents is 1. The molecule has 1 aliphatic rings. The average molecular weight is 272 g/mol. The van der Waals surface area contributed by atoms with Crippen molar-refractivity contribution in [3.05, 3.63) is 58.2 Å². The van der Waals surface area contributed by atoms with Crippen LogP contribution in [0.2, 0.25) is 0 Å². The van der Waals surface area contributed by atoms with E-state index in [1.54, 1.807) is 23.2 Å². The second-order valence-corrected chi connectivity index (χ2v) is 4.63. The molecular formula is C13H12N4O3. The SMILES string of the molecule is O=C1N(Cc2ccc([N+](=O)[O-])cc2)CCc2cncn21. The number of nitro groups is 1. The molecule has 0 saturated carbocycles. The summed E-state index contributed by atoms with van der Waals surface area (Å²) in [7, 11) is 0. The Morgan fingerprint density at radius 3 is 2.75 bits per heavy atom. The van der Waals surface area contributed by atoms with Crippen LogP contribution < -0.4 is 0 Å². The first-order valence-corrected chi connectivity index (χ1v) is 6.19. The van der Waals surface area contributed by atoms with Crippen LogP contribution in [0.25, 0.3) is 0 Å². The molecule has 0 radical (unpaired) electrons. The number of benzene rings is 1. The predicted octanol–water partition coefficient (Wildman–Crippen LogP) is 1.82. The Labute approximate surface area is 114 Å². The lowest BCUT2D eigenvalue weighted by molar-refractivity contribution is -0.384. The highest BCUT2D eigenvalue weighted by atomic mass is 16.6. The zero-order valence-electron chi connectivity index (χ0n) is 10.6. The van der Waals surface area contributed by atoms with Crippen molar-refractivity contribution < 1.29 is 9.72 Å². The number of rotatable bonds is 3. The molecule has 7 heteroatoms. The number of carbonyl (C=O) groups is 1. The monoisotopic (exact) mass is 272 g/mol. The van der Waals surface area contributed by atoms with Crippen molar-refractivity contribution >= 4 is 11.7 Å². The first-order chi connectivity index (χ1) is 9.65. The third-order valence-electron chi connectivity index (χ3n) is 3.35. The Bertz CT molecular complexity index is 663. The topological polar surface area (TPSA) is 81.3 Å². The zero-order valence-corrected chi connectivity index (χ0v) is 10.6. The first-order valence-electron chi connectivity index (χ1n) is 6.19. The van der Waals surface area contributed by atoms with Gasteiger partial charge in [-0.25, -0.2) is 9.78 Å². The van der Waals surface area contributed by atoms with Gasteiger partial charge >= 0.3 is 6.03 Å². The highest BCUT2D eigenvalue weighted by molar-refractivity contribution is 5.78. The minimum absolute atomic E-state index is 0.0515.